The van der Waals surface area contributed by atoms with E-state index in [1.807, 2.05) is 6.07 Å². The Hall–Kier alpha value is -2.16. The van der Waals surface area contributed by atoms with Crippen molar-refractivity contribution in [3.63, 3.8) is 0 Å². The van der Waals surface area contributed by atoms with Crippen LogP contribution in [0.25, 0.3) is 0 Å². The molecule has 1 saturated carbocycles. The van der Waals surface area contributed by atoms with Gasteiger partial charge in [0.25, 0.3) is 0 Å². The minimum absolute atomic E-state index is 0.114. The highest BCUT2D eigenvalue weighted by molar-refractivity contribution is 7.92. The molecular weight excluding hydrogens is 334 g/mol. The summed E-state index contributed by atoms with van der Waals surface area (Å²) in [6.45, 7) is 0. The molecule has 0 bridgehead atoms. The fourth-order valence-corrected chi connectivity index (χ4v) is 5.37. The van der Waals surface area contributed by atoms with Crippen LogP contribution in [0, 0.1) is 16.7 Å². The third-order valence-corrected chi connectivity index (χ3v) is 6.71. The lowest BCUT2D eigenvalue weighted by molar-refractivity contribution is -0.110. The number of halogens is 1. The second-order valence-electron chi connectivity index (χ2n) is 5.47. The van der Waals surface area contributed by atoms with Crippen LogP contribution in [-0.4, -0.2) is 20.0 Å². The average Bonchev–Trinajstić information content (AvgIpc) is 3.27. The SMILES string of the molecule is N#C[C@]1(C=O)[C@H](c2ccc(Cl)cc2)[C@H]1S(=O)(=O)c1ccccc1. The topological polar surface area (TPSA) is 75.0 Å². The van der Waals surface area contributed by atoms with Crippen molar-refractivity contribution in [3.05, 3.63) is 65.2 Å². The molecule has 0 amide bonds. The van der Waals surface area contributed by atoms with Gasteiger partial charge in [0.1, 0.15) is 17.0 Å². The fraction of sp³-hybridized carbons (Fsp3) is 0.176. The van der Waals surface area contributed by atoms with E-state index in [0.717, 1.165) is 0 Å². The quantitative estimate of drug-likeness (QED) is 0.798. The summed E-state index contributed by atoms with van der Waals surface area (Å²) in [5, 5.41) is 8.87. The fourth-order valence-electron chi connectivity index (χ4n) is 2.99. The van der Waals surface area contributed by atoms with Crippen LogP contribution in [0.1, 0.15) is 11.5 Å². The summed E-state index contributed by atoms with van der Waals surface area (Å²) >= 11 is 5.84. The van der Waals surface area contributed by atoms with Gasteiger partial charge in [0.2, 0.25) is 0 Å². The minimum atomic E-state index is -3.79. The highest BCUT2D eigenvalue weighted by atomic mass is 35.5. The monoisotopic (exact) mass is 345 g/mol. The van der Waals surface area contributed by atoms with Crippen LogP contribution in [0.15, 0.2) is 59.5 Å². The number of nitriles is 1. The molecule has 23 heavy (non-hydrogen) atoms. The van der Waals surface area contributed by atoms with Gasteiger partial charge >= 0.3 is 0 Å². The Morgan fingerprint density at radius 3 is 2.22 bits per heavy atom. The average molecular weight is 346 g/mol. The smallest absolute Gasteiger partial charge is 0.183 e. The molecule has 3 atom stereocenters. The van der Waals surface area contributed by atoms with Gasteiger partial charge in [-0.1, -0.05) is 41.9 Å². The zero-order valence-corrected chi connectivity index (χ0v) is 13.5. The molecule has 3 rings (SSSR count). The number of hydrogen-bond donors (Lipinski definition) is 0. The van der Waals surface area contributed by atoms with Gasteiger partial charge in [-0.2, -0.15) is 5.26 Å². The third-order valence-electron chi connectivity index (χ3n) is 4.20. The lowest BCUT2D eigenvalue weighted by Gasteiger charge is -2.04. The molecule has 0 aliphatic heterocycles. The van der Waals surface area contributed by atoms with Crippen molar-refractivity contribution < 1.29 is 13.2 Å². The second kappa shape index (κ2) is 5.48. The highest BCUT2D eigenvalue weighted by Gasteiger charge is 2.72. The maximum atomic E-state index is 12.8. The van der Waals surface area contributed by atoms with Crippen LogP contribution >= 0.6 is 11.6 Å². The summed E-state index contributed by atoms with van der Waals surface area (Å²) in [6.07, 6.45) is 0.456. The van der Waals surface area contributed by atoms with Gasteiger partial charge in [-0.3, -0.25) is 0 Å². The summed E-state index contributed by atoms with van der Waals surface area (Å²) in [7, 11) is -3.79. The number of sulfone groups is 1. The van der Waals surface area contributed by atoms with Crippen molar-refractivity contribution in [2.45, 2.75) is 16.1 Å². The maximum Gasteiger partial charge on any atom is 0.183 e. The van der Waals surface area contributed by atoms with Gasteiger partial charge in [0.15, 0.2) is 9.84 Å². The molecule has 2 aromatic carbocycles. The zero-order valence-electron chi connectivity index (χ0n) is 11.9. The summed E-state index contributed by atoms with van der Waals surface area (Å²) in [5.41, 5.74) is -0.935. The zero-order chi connectivity index (χ0) is 16.7. The van der Waals surface area contributed by atoms with Crippen molar-refractivity contribution in [2.75, 3.05) is 0 Å². The Morgan fingerprint density at radius 1 is 1.09 bits per heavy atom. The van der Waals surface area contributed by atoms with Gasteiger partial charge in [-0.05, 0) is 29.8 Å². The predicted molar refractivity (Wildman–Crippen MR) is 85.7 cm³/mol. The van der Waals surface area contributed by atoms with E-state index in [-0.39, 0.29) is 4.90 Å². The number of carbonyl (C=O) groups is 1. The van der Waals surface area contributed by atoms with Gasteiger partial charge < -0.3 is 4.79 Å². The first-order valence-electron chi connectivity index (χ1n) is 6.89. The van der Waals surface area contributed by atoms with E-state index in [4.69, 9.17) is 11.6 Å². The summed E-state index contributed by atoms with van der Waals surface area (Å²) in [6, 6.07) is 16.3. The standard InChI is InChI=1S/C17H12ClNO3S/c18-13-8-6-12(7-9-13)15-16(17(15,10-19)11-20)23(21,22)14-4-2-1-3-5-14/h1-9,11,15-16H/t15-,16-,17+/m1/s1. The van der Waals surface area contributed by atoms with Gasteiger partial charge in [0, 0.05) is 10.9 Å². The number of benzene rings is 2. The highest BCUT2D eigenvalue weighted by Crippen LogP contribution is 2.62. The van der Waals surface area contributed by atoms with Crippen molar-refractivity contribution in [3.8, 4) is 6.07 Å². The predicted octanol–water partition coefficient (Wildman–Crippen LogP) is 2.99. The van der Waals surface area contributed by atoms with E-state index in [0.29, 0.717) is 16.9 Å². The summed E-state index contributed by atoms with van der Waals surface area (Å²) in [4.78, 5) is 11.7. The second-order valence-corrected chi connectivity index (χ2v) is 7.98. The Kier molecular flexibility index (Phi) is 3.75. The number of nitrogens with zero attached hydrogens (tertiary/aromatic N) is 1. The van der Waals surface area contributed by atoms with Crippen LogP contribution in [0.5, 0.6) is 0 Å². The molecule has 1 aliphatic rings. The van der Waals surface area contributed by atoms with Crippen LogP contribution in [0.3, 0.4) is 0 Å². The summed E-state index contributed by atoms with van der Waals surface area (Å²) in [5.74, 6) is -0.688. The van der Waals surface area contributed by atoms with E-state index in [1.54, 1.807) is 42.5 Å². The van der Waals surface area contributed by atoms with Crippen molar-refractivity contribution in [1.82, 2.24) is 0 Å². The minimum Gasteiger partial charge on any atom is -0.302 e. The first-order chi connectivity index (χ1) is 11.0. The Labute approximate surface area is 139 Å². The molecule has 6 heteroatoms. The molecule has 0 N–H and O–H groups in total. The molecule has 0 spiro atoms. The molecule has 2 aromatic rings. The molecular formula is C17H12ClNO3S. The third kappa shape index (κ3) is 2.35. The van der Waals surface area contributed by atoms with Crippen LogP contribution in [0.2, 0.25) is 5.02 Å². The molecule has 0 unspecified atom stereocenters. The van der Waals surface area contributed by atoms with E-state index < -0.39 is 26.4 Å². The van der Waals surface area contributed by atoms with Crippen LogP contribution < -0.4 is 0 Å². The Morgan fingerprint density at radius 2 is 1.70 bits per heavy atom. The molecule has 116 valence electrons. The molecule has 0 radical (unpaired) electrons. The largest absolute Gasteiger partial charge is 0.302 e. The Balaban J connectivity index is 2.09. The lowest BCUT2D eigenvalue weighted by Crippen LogP contribution is -2.16. The number of aldehydes is 1. The Bertz CT molecular complexity index is 888. The van der Waals surface area contributed by atoms with Crippen molar-refractivity contribution in [2.24, 2.45) is 5.41 Å². The van der Waals surface area contributed by atoms with Crippen LogP contribution in [-0.2, 0) is 14.6 Å². The van der Waals surface area contributed by atoms with E-state index in [1.165, 1.54) is 12.1 Å². The summed E-state index contributed by atoms with van der Waals surface area (Å²) < 4.78 is 25.7. The number of hydrogen-bond acceptors (Lipinski definition) is 4. The van der Waals surface area contributed by atoms with Crippen LogP contribution in [0.4, 0.5) is 0 Å². The first kappa shape index (κ1) is 15.7. The lowest BCUT2D eigenvalue weighted by atomic mass is 10.0. The van der Waals surface area contributed by atoms with Gasteiger partial charge in [-0.25, -0.2) is 8.42 Å². The molecule has 1 aliphatic carbocycles. The molecule has 0 aromatic heterocycles. The number of carbonyl (C=O) groups excluding carboxylic acids is 1. The van der Waals surface area contributed by atoms with Crippen molar-refractivity contribution >= 4 is 27.7 Å². The van der Waals surface area contributed by atoms with Gasteiger partial charge in [-0.15, -0.1) is 0 Å². The van der Waals surface area contributed by atoms with E-state index >= 15 is 0 Å². The van der Waals surface area contributed by atoms with E-state index in [9.17, 15) is 18.5 Å². The normalized spacial score (nSPS) is 26.3. The molecule has 1 fully saturated rings. The number of rotatable bonds is 4. The molecule has 4 nitrogen and oxygen atoms in total. The van der Waals surface area contributed by atoms with Gasteiger partial charge in [0.05, 0.1) is 11.0 Å². The van der Waals surface area contributed by atoms with Crippen molar-refractivity contribution in [1.29, 1.82) is 5.26 Å². The molecule has 0 heterocycles. The maximum absolute atomic E-state index is 12.8. The first-order valence-corrected chi connectivity index (χ1v) is 8.82. The van der Waals surface area contributed by atoms with E-state index in [2.05, 4.69) is 0 Å². The molecule has 0 saturated heterocycles.